The van der Waals surface area contributed by atoms with Crippen molar-refractivity contribution in [2.24, 2.45) is 0 Å². The summed E-state index contributed by atoms with van der Waals surface area (Å²) in [6.45, 7) is 1.98. The number of rotatable bonds is 2. The largest absolute Gasteiger partial charge is 0.421 e. The van der Waals surface area contributed by atoms with E-state index in [9.17, 15) is 0 Å². The van der Waals surface area contributed by atoms with Gasteiger partial charge in [0.05, 0.1) is 0 Å². The van der Waals surface area contributed by atoms with E-state index in [0.717, 1.165) is 12.0 Å². The summed E-state index contributed by atoms with van der Waals surface area (Å²) in [5.74, 6) is 1.21. The van der Waals surface area contributed by atoms with Crippen molar-refractivity contribution in [2.75, 3.05) is 0 Å². The molecular formula is C9H9N3O. The maximum absolute atomic E-state index is 5.37. The van der Waals surface area contributed by atoms with Gasteiger partial charge in [-0.1, -0.05) is 6.92 Å². The fraction of sp³-hybridized carbons (Fsp3) is 0.222. The van der Waals surface area contributed by atoms with Crippen LogP contribution in [0.15, 0.2) is 28.9 Å². The van der Waals surface area contributed by atoms with Crippen molar-refractivity contribution in [1.29, 1.82) is 0 Å². The summed E-state index contributed by atoms with van der Waals surface area (Å²) < 4.78 is 5.37. The molecule has 0 fully saturated rings. The van der Waals surface area contributed by atoms with Gasteiger partial charge in [0.15, 0.2) is 0 Å². The lowest BCUT2D eigenvalue weighted by molar-refractivity contribution is 0.513. The van der Waals surface area contributed by atoms with Crippen LogP contribution in [-0.4, -0.2) is 15.2 Å². The van der Waals surface area contributed by atoms with Crippen molar-refractivity contribution in [2.45, 2.75) is 13.3 Å². The van der Waals surface area contributed by atoms with Crippen molar-refractivity contribution in [3.05, 3.63) is 30.4 Å². The Hall–Kier alpha value is -1.71. The van der Waals surface area contributed by atoms with Crippen molar-refractivity contribution in [3.8, 4) is 11.5 Å². The molecule has 0 bridgehead atoms. The minimum atomic E-state index is 0.555. The summed E-state index contributed by atoms with van der Waals surface area (Å²) in [5, 5.41) is 7.79. The minimum absolute atomic E-state index is 0.555. The Labute approximate surface area is 75.6 Å². The Kier molecular flexibility index (Phi) is 2.04. The molecule has 2 heterocycles. The molecule has 4 nitrogen and oxygen atoms in total. The van der Waals surface area contributed by atoms with Crippen LogP contribution in [0.1, 0.15) is 12.8 Å². The van der Waals surface area contributed by atoms with Crippen LogP contribution in [0.2, 0.25) is 0 Å². The van der Waals surface area contributed by atoms with E-state index in [4.69, 9.17) is 4.42 Å². The average molecular weight is 175 g/mol. The first-order chi connectivity index (χ1) is 6.40. The highest BCUT2D eigenvalue weighted by Gasteiger charge is 2.05. The lowest BCUT2D eigenvalue weighted by Gasteiger charge is -1.90. The van der Waals surface area contributed by atoms with E-state index < -0.39 is 0 Å². The second-order valence-electron chi connectivity index (χ2n) is 2.59. The molecule has 0 radical (unpaired) electrons. The van der Waals surface area contributed by atoms with Gasteiger partial charge in [0.1, 0.15) is 0 Å². The first-order valence-corrected chi connectivity index (χ1v) is 4.13. The quantitative estimate of drug-likeness (QED) is 0.697. The molecule has 13 heavy (non-hydrogen) atoms. The van der Waals surface area contributed by atoms with Gasteiger partial charge in [0.2, 0.25) is 11.8 Å². The van der Waals surface area contributed by atoms with Gasteiger partial charge in [-0.15, -0.1) is 10.2 Å². The van der Waals surface area contributed by atoms with E-state index in [-0.39, 0.29) is 0 Å². The summed E-state index contributed by atoms with van der Waals surface area (Å²) in [7, 11) is 0. The van der Waals surface area contributed by atoms with Crippen LogP contribution in [0.5, 0.6) is 0 Å². The summed E-state index contributed by atoms with van der Waals surface area (Å²) >= 11 is 0. The van der Waals surface area contributed by atoms with Crippen LogP contribution in [-0.2, 0) is 6.42 Å². The Morgan fingerprint density at radius 3 is 2.62 bits per heavy atom. The van der Waals surface area contributed by atoms with Gasteiger partial charge in [-0.3, -0.25) is 4.98 Å². The molecule has 2 aromatic heterocycles. The van der Waals surface area contributed by atoms with Gasteiger partial charge in [-0.2, -0.15) is 0 Å². The summed E-state index contributed by atoms with van der Waals surface area (Å²) in [6, 6.07) is 3.68. The minimum Gasteiger partial charge on any atom is -0.421 e. The molecule has 0 unspecified atom stereocenters. The highest BCUT2D eigenvalue weighted by Crippen LogP contribution is 2.15. The normalized spacial score (nSPS) is 10.2. The molecule has 2 aromatic rings. The first kappa shape index (κ1) is 7.91. The van der Waals surface area contributed by atoms with Crippen molar-refractivity contribution in [3.63, 3.8) is 0 Å². The van der Waals surface area contributed by atoms with Gasteiger partial charge in [-0.05, 0) is 12.1 Å². The third-order valence-electron chi connectivity index (χ3n) is 1.70. The molecule has 0 spiro atoms. The lowest BCUT2D eigenvalue weighted by atomic mass is 10.3. The topological polar surface area (TPSA) is 51.8 Å². The predicted molar refractivity (Wildman–Crippen MR) is 46.9 cm³/mol. The SMILES string of the molecule is CCc1nnc(-c2ccncc2)o1. The molecule has 0 aliphatic rings. The van der Waals surface area contributed by atoms with Gasteiger partial charge in [-0.25, -0.2) is 0 Å². The Balaban J connectivity index is 2.36. The fourth-order valence-electron chi connectivity index (χ4n) is 1.01. The van der Waals surface area contributed by atoms with E-state index in [1.165, 1.54) is 0 Å². The van der Waals surface area contributed by atoms with Crippen LogP contribution in [0.25, 0.3) is 11.5 Å². The molecule has 0 aliphatic carbocycles. The monoisotopic (exact) mass is 175 g/mol. The molecule has 66 valence electrons. The standard InChI is InChI=1S/C9H9N3O/c1-2-8-11-12-9(13-8)7-3-5-10-6-4-7/h3-6H,2H2,1H3. The van der Waals surface area contributed by atoms with Crippen molar-refractivity contribution in [1.82, 2.24) is 15.2 Å². The maximum atomic E-state index is 5.37. The first-order valence-electron chi connectivity index (χ1n) is 4.13. The van der Waals surface area contributed by atoms with E-state index >= 15 is 0 Å². The lowest BCUT2D eigenvalue weighted by Crippen LogP contribution is -1.77. The summed E-state index contributed by atoms with van der Waals surface area (Å²) in [4.78, 5) is 3.91. The molecule has 0 atom stereocenters. The number of hydrogen-bond donors (Lipinski definition) is 0. The molecule has 0 aliphatic heterocycles. The molecule has 0 N–H and O–H groups in total. The Bertz CT molecular complexity index is 383. The summed E-state index contributed by atoms with van der Waals surface area (Å²) in [6.07, 6.45) is 4.16. The van der Waals surface area contributed by atoms with E-state index in [2.05, 4.69) is 15.2 Å². The smallest absolute Gasteiger partial charge is 0.247 e. The Morgan fingerprint density at radius 2 is 2.00 bits per heavy atom. The van der Waals surface area contributed by atoms with E-state index in [0.29, 0.717) is 11.8 Å². The number of pyridine rings is 1. The number of aryl methyl sites for hydroxylation is 1. The second-order valence-corrected chi connectivity index (χ2v) is 2.59. The third-order valence-corrected chi connectivity index (χ3v) is 1.70. The van der Waals surface area contributed by atoms with Crippen LogP contribution in [0, 0.1) is 0 Å². The van der Waals surface area contributed by atoms with E-state index in [1.807, 2.05) is 19.1 Å². The summed E-state index contributed by atoms with van der Waals surface area (Å²) in [5.41, 5.74) is 0.905. The molecule has 4 heteroatoms. The van der Waals surface area contributed by atoms with Crippen molar-refractivity contribution >= 4 is 0 Å². The van der Waals surface area contributed by atoms with Gasteiger partial charge >= 0.3 is 0 Å². The molecule has 0 saturated carbocycles. The second kappa shape index (κ2) is 3.35. The van der Waals surface area contributed by atoms with Crippen LogP contribution in [0.4, 0.5) is 0 Å². The molecule has 0 saturated heterocycles. The van der Waals surface area contributed by atoms with Crippen LogP contribution in [0.3, 0.4) is 0 Å². The Morgan fingerprint density at radius 1 is 1.23 bits per heavy atom. The van der Waals surface area contributed by atoms with E-state index in [1.54, 1.807) is 12.4 Å². The van der Waals surface area contributed by atoms with Gasteiger partial charge in [0, 0.05) is 24.4 Å². The average Bonchev–Trinajstić information content (AvgIpc) is 2.67. The highest BCUT2D eigenvalue weighted by molar-refractivity contribution is 5.50. The molecular weight excluding hydrogens is 166 g/mol. The van der Waals surface area contributed by atoms with Crippen molar-refractivity contribution < 1.29 is 4.42 Å². The highest BCUT2D eigenvalue weighted by atomic mass is 16.4. The zero-order chi connectivity index (χ0) is 9.10. The fourth-order valence-corrected chi connectivity index (χ4v) is 1.01. The third kappa shape index (κ3) is 1.56. The van der Waals surface area contributed by atoms with Crippen LogP contribution >= 0.6 is 0 Å². The van der Waals surface area contributed by atoms with Gasteiger partial charge in [0.25, 0.3) is 0 Å². The maximum Gasteiger partial charge on any atom is 0.247 e. The molecule has 2 rings (SSSR count). The number of nitrogens with zero attached hydrogens (tertiary/aromatic N) is 3. The molecule has 0 aromatic carbocycles. The van der Waals surface area contributed by atoms with Crippen LogP contribution < -0.4 is 0 Å². The zero-order valence-corrected chi connectivity index (χ0v) is 7.27. The zero-order valence-electron chi connectivity index (χ0n) is 7.27. The predicted octanol–water partition coefficient (Wildman–Crippen LogP) is 1.69. The van der Waals surface area contributed by atoms with Gasteiger partial charge < -0.3 is 4.42 Å². The molecule has 0 amide bonds. The number of hydrogen-bond acceptors (Lipinski definition) is 4. The number of aromatic nitrogens is 3.